The molecule has 0 saturated carbocycles. The van der Waals surface area contributed by atoms with Crippen LogP contribution in [-0.4, -0.2) is 4.98 Å². The molecule has 0 aliphatic carbocycles. The van der Waals surface area contributed by atoms with E-state index in [0.29, 0.717) is 0 Å². The highest BCUT2D eigenvalue weighted by molar-refractivity contribution is 5.41. The van der Waals surface area contributed by atoms with Crippen LogP contribution in [0.25, 0.3) is 6.08 Å². The van der Waals surface area contributed by atoms with Crippen LogP contribution in [0.3, 0.4) is 0 Å². The molecule has 1 heterocycles. The first-order valence-electron chi connectivity index (χ1n) is 3.59. The molecular formula is C9H12N2. The van der Waals surface area contributed by atoms with Crippen LogP contribution in [0.1, 0.15) is 24.4 Å². The Bertz CT molecular complexity index is 253. The average molecular weight is 148 g/mol. The van der Waals surface area contributed by atoms with Crippen molar-refractivity contribution in [3.63, 3.8) is 0 Å². The minimum absolute atomic E-state index is 0.00472. The lowest BCUT2D eigenvalue weighted by Gasteiger charge is -2.03. The van der Waals surface area contributed by atoms with E-state index in [9.17, 15) is 0 Å². The van der Waals surface area contributed by atoms with Crippen LogP contribution in [0.15, 0.2) is 24.8 Å². The highest BCUT2D eigenvalue weighted by Crippen LogP contribution is 2.06. The van der Waals surface area contributed by atoms with Gasteiger partial charge >= 0.3 is 0 Å². The second kappa shape index (κ2) is 3.30. The van der Waals surface area contributed by atoms with Gasteiger partial charge in [-0.25, -0.2) is 0 Å². The zero-order valence-electron chi connectivity index (χ0n) is 6.62. The van der Waals surface area contributed by atoms with Gasteiger partial charge in [0, 0.05) is 6.04 Å². The van der Waals surface area contributed by atoms with E-state index >= 15 is 0 Å². The predicted molar refractivity (Wildman–Crippen MR) is 46.9 cm³/mol. The van der Waals surface area contributed by atoms with E-state index < -0.39 is 0 Å². The molecule has 1 rings (SSSR count). The van der Waals surface area contributed by atoms with Crippen LogP contribution >= 0.6 is 0 Å². The fourth-order valence-electron chi connectivity index (χ4n) is 0.836. The smallest absolute Gasteiger partial charge is 0.0627 e. The number of hydrogen-bond donors (Lipinski definition) is 1. The summed E-state index contributed by atoms with van der Waals surface area (Å²) < 4.78 is 0. The van der Waals surface area contributed by atoms with Crippen LogP contribution in [0, 0.1) is 0 Å². The number of hydrogen-bond acceptors (Lipinski definition) is 2. The minimum atomic E-state index is -0.00472. The summed E-state index contributed by atoms with van der Waals surface area (Å²) in [5, 5.41) is 0. The molecule has 0 fully saturated rings. The lowest BCUT2D eigenvalue weighted by molar-refractivity contribution is 0.779. The van der Waals surface area contributed by atoms with Crippen LogP contribution in [0.5, 0.6) is 0 Å². The maximum absolute atomic E-state index is 5.64. The quantitative estimate of drug-likeness (QED) is 0.693. The average Bonchev–Trinajstić information content (AvgIpc) is 2.05. The van der Waals surface area contributed by atoms with Crippen molar-refractivity contribution in [1.29, 1.82) is 0 Å². The first-order valence-corrected chi connectivity index (χ1v) is 3.59. The summed E-state index contributed by atoms with van der Waals surface area (Å²) in [7, 11) is 0. The number of rotatable bonds is 2. The third-order valence-electron chi connectivity index (χ3n) is 1.47. The van der Waals surface area contributed by atoms with Crippen LogP contribution in [0.2, 0.25) is 0 Å². The third kappa shape index (κ3) is 1.88. The molecule has 0 saturated heterocycles. The largest absolute Gasteiger partial charge is 0.323 e. The van der Waals surface area contributed by atoms with E-state index in [2.05, 4.69) is 11.6 Å². The van der Waals surface area contributed by atoms with Crippen molar-refractivity contribution in [2.45, 2.75) is 13.0 Å². The van der Waals surface area contributed by atoms with Gasteiger partial charge in [-0.15, -0.1) is 0 Å². The molecule has 0 aliphatic heterocycles. The standard InChI is InChI=1S/C9H12N2/c1-3-8-5-4-6-9(11-8)7(2)10/h3-7H,1,10H2,2H3. The van der Waals surface area contributed by atoms with Gasteiger partial charge in [0.1, 0.15) is 0 Å². The summed E-state index contributed by atoms with van der Waals surface area (Å²) in [5.41, 5.74) is 7.42. The van der Waals surface area contributed by atoms with Gasteiger partial charge in [-0.05, 0) is 25.1 Å². The van der Waals surface area contributed by atoms with E-state index in [-0.39, 0.29) is 6.04 Å². The molecule has 1 unspecified atom stereocenters. The molecule has 2 heteroatoms. The maximum Gasteiger partial charge on any atom is 0.0627 e. The Morgan fingerprint density at radius 1 is 1.64 bits per heavy atom. The summed E-state index contributed by atoms with van der Waals surface area (Å²) in [4.78, 5) is 4.25. The zero-order chi connectivity index (χ0) is 8.27. The minimum Gasteiger partial charge on any atom is -0.323 e. The SMILES string of the molecule is C=Cc1cccc(C(C)N)n1. The Labute approximate surface area is 66.8 Å². The van der Waals surface area contributed by atoms with Crippen molar-refractivity contribution in [2.24, 2.45) is 5.73 Å². The van der Waals surface area contributed by atoms with Gasteiger partial charge in [0.15, 0.2) is 0 Å². The van der Waals surface area contributed by atoms with Crippen molar-refractivity contribution in [2.75, 3.05) is 0 Å². The van der Waals surface area contributed by atoms with E-state index in [0.717, 1.165) is 11.4 Å². The van der Waals surface area contributed by atoms with Crippen LogP contribution in [0.4, 0.5) is 0 Å². The summed E-state index contributed by atoms with van der Waals surface area (Å²) in [5.74, 6) is 0. The fourth-order valence-corrected chi connectivity index (χ4v) is 0.836. The second-order valence-corrected chi connectivity index (χ2v) is 2.48. The molecule has 1 atom stereocenters. The Hall–Kier alpha value is -1.15. The molecule has 0 aromatic carbocycles. The maximum atomic E-state index is 5.64. The third-order valence-corrected chi connectivity index (χ3v) is 1.47. The molecule has 2 nitrogen and oxygen atoms in total. The summed E-state index contributed by atoms with van der Waals surface area (Å²) in [6.07, 6.45) is 1.71. The highest BCUT2D eigenvalue weighted by Gasteiger charge is 1.99. The fraction of sp³-hybridized carbons (Fsp3) is 0.222. The van der Waals surface area contributed by atoms with Gasteiger partial charge in [-0.1, -0.05) is 12.6 Å². The van der Waals surface area contributed by atoms with Crippen LogP contribution in [-0.2, 0) is 0 Å². The van der Waals surface area contributed by atoms with Gasteiger partial charge in [0.25, 0.3) is 0 Å². The van der Waals surface area contributed by atoms with Crippen molar-refractivity contribution in [3.05, 3.63) is 36.2 Å². The lowest BCUT2D eigenvalue weighted by atomic mass is 10.2. The summed E-state index contributed by atoms with van der Waals surface area (Å²) in [6, 6.07) is 5.74. The van der Waals surface area contributed by atoms with E-state index in [1.165, 1.54) is 0 Å². The molecule has 0 bridgehead atoms. The van der Waals surface area contributed by atoms with Crippen LogP contribution < -0.4 is 5.73 Å². The Balaban J connectivity index is 3.00. The normalized spacial score (nSPS) is 12.5. The van der Waals surface area contributed by atoms with E-state index in [1.807, 2.05) is 25.1 Å². The lowest BCUT2D eigenvalue weighted by Crippen LogP contribution is -2.07. The van der Waals surface area contributed by atoms with Gasteiger partial charge in [-0.3, -0.25) is 4.98 Å². The first-order chi connectivity index (χ1) is 5.24. The molecule has 0 spiro atoms. The molecule has 1 aromatic heterocycles. The second-order valence-electron chi connectivity index (χ2n) is 2.48. The number of nitrogens with two attached hydrogens (primary N) is 1. The Kier molecular flexibility index (Phi) is 2.39. The molecule has 0 aliphatic rings. The molecule has 58 valence electrons. The van der Waals surface area contributed by atoms with E-state index in [4.69, 9.17) is 5.73 Å². The number of aromatic nitrogens is 1. The molecule has 0 radical (unpaired) electrons. The first kappa shape index (κ1) is 7.95. The van der Waals surface area contributed by atoms with Gasteiger partial charge in [0.2, 0.25) is 0 Å². The Morgan fingerprint density at radius 2 is 2.36 bits per heavy atom. The molecule has 1 aromatic rings. The van der Waals surface area contributed by atoms with Crippen molar-refractivity contribution >= 4 is 6.08 Å². The van der Waals surface area contributed by atoms with Gasteiger partial charge < -0.3 is 5.73 Å². The van der Waals surface area contributed by atoms with Gasteiger partial charge in [-0.2, -0.15) is 0 Å². The summed E-state index contributed by atoms with van der Waals surface area (Å²) in [6.45, 7) is 5.54. The summed E-state index contributed by atoms with van der Waals surface area (Å²) >= 11 is 0. The number of nitrogens with zero attached hydrogens (tertiary/aromatic N) is 1. The molecule has 2 N–H and O–H groups in total. The molecular weight excluding hydrogens is 136 g/mol. The highest BCUT2D eigenvalue weighted by atomic mass is 14.8. The molecule has 11 heavy (non-hydrogen) atoms. The van der Waals surface area contributed by atoms with Gasteiger partial charge in [0.05, 0.1) is 11.4 Å². The van der Waals surface area contributed by atoms with Crippen molar-refractivity contribution in [3.8, 4) is 0 Å². The van der Waals surface area contributed by atoms with Crippen molar-refractivity contribution < 1.29 is 0 Å². The zero-order valence-corrected chi connectivity index (χ0v) is 6.62. The predicted octanol–water partition coefficient (Wildman–Crippen LogP) is 1.74. The topological polar surface area (TPSA) is 38.9 Å². The van der Waals surface area contributed by atoms with Crippen molar-refractivity contribution in [1.82, 2.24) is 4.98 Å². The van der Waals surface area contributed by atoms with E-state index in [1.54, 1.807) is 6.08 Å². The Morgan fingerprint density at radius 3 is 2.91 bits per heavy atom. The molecule has 0 amide bonds. The number of pyridine rings is 1. The monoisotopic (exact) mass is 148 g/mol.